The van der Waals surface area contributed by atoms with Crippen LogP contribution in [0.4, 0.5) is 15.8 Å². The predicted octanol–water partition coefficient (Wildman–Crippen LogP) is 3.70. The number of rotatable bonds is 8. The molecule has 0 unspecified atom stereocenters. The number of benzene rings is 3. The number of methoxy groups -OCH3 is 2. The molecule has 1 heterocycles. The van der Waals surface area contributed by atoms with Gasteiger partial charge in [-0.15, -0.1) is 0 Å². The van der Waals surface area contributed by atoms with Crippen molar-refractivity contribution in [1.29, 1.82) is 0 Å². The standard InChI is InChI=1S/C27H30FN3O5S/c1-20-4-11-24(12-5-20)37(33,34)31(25-18-23(35-2)10-13-26(25)36-3)19-27(32)30-16-14-29(15-17-30)22-8-6-21(28)7-9-22/h4-13,18H,14-17,19H2,1-3H3. The molecule has 3 aromatic carbocycles. The first kappa shape index (κ1) is 26.3. The van der Waals surface area contributed by atoms with Crippen LogP contribution in [0.1, 0.15) is 5.56 Å². The average Bonchev–Trinajstić information content (AvgIpc) is 2.92. The Bertz CT molecular complexity index is 1340. The average molecular weight is 528 g/mol. The van der Waals surface area contributed by atoms with Gasteiger partial charge in [0.05, 0.1) is 24.8 Å². The van der Waals surface area contributed by atoms with Crippen LogP contribution in [0.3, 0.4) is 0 Å². The molecular weight excluding hydrogens is 497 g/mol. The van der Waals surface area contributed by atoms with E-state index in [-0.39, 0.29) is 22.3 Å². The number of ether oxygens (including phenoxy) is 2. The summed E-state index contributed by atoms with van der Waals surface area (Å²) < 4.78 is 52.8. The summed E-state index contributed by atoms with van der Waals surface area (Å²) in [5, 5.41) is 0. The minimum atomic E-state index is -4.12. The van der Waals surface area contributed by atoms with Crippen molar-refractivity contribution in [1.82, 2.24) is 4.90 Å². The third kappa shape index (κ3) is 5.80. The van der Waals surface area contributed by atoms with Crippen LogP contribution in [-0.2, 0) is 14.8 Å². The molecule has 196 valence electrons. The van der Waals surface area contributed by atoms with Gasteiger partial charge in [-0.05, 0) is 55.5 Å². The van der Waals surface area contributed by atoms with Crippen LogP contribution in [0, 0.1) is 12.7 Å². The summed E-state index contributed by atoms with van der Waals surface area (Å²) in [7, 11) is -1.19. The van der Waals surface area contributed by atoms with Gasteiger partial charge in [0.2, 0.25) is 5.91 Å². The molecule has 37 heavy (non-hydrogen) atoms. The van der Waals surface area contributed by atoms with Crippen LogP contribution >= 0.6 is 0 Å². The van der Waals surface area contributed by atoms with E-state index in [1.165, 1.54) is 38.5 Å². The Balaban J connectivity index is 1.61. The Kier molecular flexibility index (Phi) is 7.87. The molecule has 0 N–H and O–H groups in total. The fourth-order valence-corrected chi connectivity index (χ4v) is 5.63. The van der Waals surface area contributed by atoms with E-state index in [1.54, 1.807) is 47.4 Å². The zero-order valence-corrected chi connectivity index (χ0v) is 21.9. The van der Waals surface area contributed by atoms with Gasteiger partial charge < -0.3 is 19.3 Å². The molecule has 0 spiro atoms. The Morgan fingerprint density at radius 3 is 2.16 bits per heavy atom. The minimum Gasteiger partial charge on any atom is -0.497 e. The van der Waals surface area contributed by atoms with Crippen molar-refractivity contribution in [3.8, 4) is 11.5 Å². The highest BCUT2D eigenvalue weighted by atomic mass is 32.2. The zero-order valence-electron chi connectivity index (χ0n) is 21.1. The molecule has 1 aliphatic heterocycles. The monoisotopic (exact) mass is 527 g/mol. The maximum Gasteiger partial charge on any atom is 0.264 e. The first-order chi connectivity index (χ1) is 17.7. The van der Waals surface area contributed by atoms with Crippen LogP contribution < -0.4 is 18.7 Å². The van der Waals surface area contributed by atoms with E-state index in [1.807, 2.05) is 6.92 Å². The van der Waals surface area contributed by atoms with Crippen LogP contribution in [-0.4, -0.2) is 66.2 Å². The second-order valence-electron chi connectivity index (χ2n) is 8.71. The first-order valence-corrected chi connectivity index (χ1v) is 13.3. The second-order valence-corrected chi connectivity index (χ2v) is 10.6. The van der Waals surface area contributed by atoms with Gasteiger partial charge in [0.25, 0.3) is 10.0 Å². The SMILES string of the molecule is COc1ccc(OC)c(N(CC(=O)N2CCN(c3ccc(F)cc3)CC2)S(=O)(=O)c2ccc(C)cc2)c1. The topological polar surface area (TPSA) is 79.4 Å². The predicted molar refractivity (Wildman–Crippen MR) is 140 cm³/mol. The van der Waals surface area contributed by atoms with Crippen molar-refractivity contribution in [3.05, 3.63) is 78.1 Å². The first-order valence-electron chi connectivity index (χ1n) is 11.8. The van der Waals surface area contributed by atoms with E-state index in [4.69, 9.17) is 9.47 Å². The highest BCUT2D eigenvalue weighted by molar-refractivity contribution is 7.92. The number of halogens is 1. The van der Waals surface area contributed by atoms with Gasteiger partial charge in [0, 0.05) is 37.9 Å². The lowest BCUT2D eigenvalue weighted by Gasteiger charge is -2.37. The number of nitrogens with zero attached hydrogens (tertiary/aromatic N) is 3. The number of carbonyl (C=O) groups excluding carboxylic acids is 1. The summed E-state index contributed by atoms with van der Waals surface area (Å²) in [4.78, 5) is 17.2. The maximum absolute atomic E-state index is 13.8. The lowest BCUT2D eigenvalue weighted by atomic mass is 10.2. The van der Waals surface area contributed by atoms with E-state index in [0.717, 1.165) is 15.6 Å². The molecule has 3 aromatic rings. The van der Waals surface area contributed by atoms with E-state index >= 15 is 0 Å². The van der Waals surface area contributed by atoms with E-state index in [0.29, 0.717) is 37.7 Å². The number of sulfonamides is 1. The molecule has 1 aliphatic rings. The molecule has 0 radical (unpaired) electrons. The highest BCUT2D eigenvalue weighted by Crippen LogP contribution is 2.36. The molecule has 10 heteroatoms. The maximum atomic E-state index is 13.8. The molecule has 0 atom stereocenters. The quantitative estimate of drug-likeness (QED) is 0.445. The molecule has 1 fully saturated rings. The van der Waals surface area contributed by atoms with Crippen molar-refractivity contribution >= 4 is 27.3 Å². The number of piperazine rings is 1. The van der Waals surface area contributed by atoms with Gasteiger partial charge >= 0.3 is 0 Å². The fourth-order valence-electron chi connectivity index (χ4n) is 4.22. The Morgan fingerprint density at radius 1 is 0.919 bits per heavy atom. The van der Waals surface area contributed by atoms with Crippen molar-refractivity contribution in [2.75, 3.05) is 56.1 Å². The van der Waals surface area contributed by atoms with Crippen molar-refractivity contribution in [2.24, 2.45) is 0 Å². The van der Waals surface area contributed by atoms with Gasteiger partial charge in [-0.3, -0.25) is 9.10 Å². The summed E-state index contributed by atoms with van der Waals surface area (Å²) in [5.74, 6) is 0.0883. The van der Waals surface area contributed by atoms with Crippen molar-refractivity contribution < 1.29 is 27.1 Å². The Hall–Kier alpha value is -3.79. The Morgan fingerprint density at radius 2 is 1.57 bits per heavy atom. The normalized spacial score (nSPS) is 13.8. The van der Waals surface area contributed by atoms with E-state index < -0.39 is 16.6 Å². The highest BCUT2D eigenvalue weighted by Gasteiger charge is 2.32. The molecule has 0 aliphatic carbocycles. The number of carbonyl (C=O) groups is 1. The van der Waals surface area contributed by atoms with Gasteiger partial charge in [-0.2, -0.15) is 0 Å². The number of anilines is 2. The summed E-state index contributed by atoms with van der Waals surface area (Å²) in [6.07, 6.45) is 0. The molecular formula is C27H30FN3O5S. The van der Waals surface area contributed by atoms with Crippen LogP contribution in [0.2, 0.25) is 0 Å². The second kappa shape index (κ2) is 11.1. The van der Waals surface area contributed by atoms with Gasteiger partial charge in [0.1, 0.15) is 23.9 Å². The number of hydrogen-bond donors (Lipinski definition) is 0. The summed E-state index contributed by atoms with van der Waals surface area (Å²) in [5.41, 5.74) is 2.00. The van der Waals surface area contributed by atoms with Gasteiger partial charge in [0.15, 0.2) is 0 Å². The molecule has 0 bridgehead atoms. The third-order valence-corrected chi connectivity index (χ3v) is 8.14. The van der Waals surface area contributed by atoms with Crippen molar-refractivity contribution in [3.63, 3.8) is 0 Å². The number of aryl methyl sites for hydroxylation is 1. The summed E-state index contributed by atoms with van der Waals surface area (Å²) >= 11 is 0. The fraction of sp³-hybridized carbons (Fsp3) is 0.296. The molecule has 8 nitrogen and oxygen atoms in total. The molecule has 1 saturated heterocycles. The smallest absolute Gasteiger partial charge is 0.264 e. The number of amides is 1. The molecule has 4 rings (SSSR count). The van der Waals surface area contributed by atoms with Crippen LogP contribution in [0.15, 0.2) is 71.6 Å². The summed E-state index contributed by atoms with van der Waals surface area (Å²) in [6.45, 7) is 3.37. The largest absolute Gasteiger partial charge is 0.497 e. The molecule has 0 aromatic heterocycles. The number of hydrogen-bond acceptors (Lipinski definition) is 6. The van der Waals surface area contributed by atoms with Gasteiger partial charge in [-0.25, -0.2) is 12.8 Å². The lowest BCUT2D eigenvalue weighted by Crippen LogP contribution is -2.52. The van der Waals surface area contributed by atoms with Crippen LogP contribution in [0.5, 0.6) is 11.5 Å². The lowest BCUT2D eigenvalue weighted by molar-refractivity contribution is -0.129. The van der Waals surface area contributed by atoms with Gasteiger partial charge in [-0.1, -0.05) is 17.7 Å². The zero-order chi connectivity index (χ0) is 26.6. The van der Waals surface area contributed by atoms with E-state index in [9.17, 15) is 17.6 Å². The van der Waals surface area contributed by atoms with E-state index in [2.05, 4.69) is 4.90 Å². The molecule has 0 saturated carbocycles. The minimum absolute atomic E-state index is 0.0666. The van der Waals surface area contributed by atoms with Crippen molar-refractivity contribution in [2.45, 2.75) is 11.8 Å². The van der Waals surface area contributed by atoms with Crippen LogP contribution in [0.25, 0.3) is 0 Å². The molecule has 1 amide bonds. The Labute approximate surface area is 216 Å². The summed E-state index contributed by atoms with van der Waals surface area (Å²) in [6, 6.07) is 17.5. The third-order valence-electron chi connectivity index (χ3n) is 6.37.